The molecule has 0 unspecified atom stereocenters. The summed E-state index contributed by atoms with van der Waals surface area (Å²) in [6.45, 7) is 5.92. The minimum Gasteiger partial charge on any atom is -0.444 e. The van der Waals surface area contributed by atoms with E-state index in [2.05, 4.69) is 0 Å². The third-order valence-electron chi connectivity index (χ3n) is 2.85. The van der Waals surface area contributed by atoms with Crippen molar-refractivity contribution in [3.63, 3.8) is 0 Å². The summed E-state index contributed by atoms with van der Waals surface area (Å²) < 4.78 is 5.29. The van der Waals surface area contributed by atoms with Crippen LogP contribution in [0.15, 0.2) is 0 Å². The van der Waals surface area contributed by atoms with Gasteiger partial charge in [0.05, 0.1) is 6.07 Å². The molecule has 0 aliphatic carbocycles. The van der Waals surface area contributed by atoms with Gasteiger partial charge in [-0.25, -0.2) is 4.79 Å². The lowest BCUT2D eigenvalue weighted by Crippen LogP contribution is -2.48. The molecule has 6 nitrogen and oxygen atoms in total. The molecule has 2 amide bonds. The Morgan fingerprint density at radius 1 is 1.47 bits per heavy atom. The van der Waals surface area contributed by atoms with Crippen LogP contribution in [0.1, 0.15) is 33.6 Å². The molecule has 1 fully saturated rings. The van der Waals surface area contributed by atoms with Gasteiger partial charge in [-0.05, 0) is 33.6 Å². The van der Waals surface area contributed by atoms with Crippen molar-refractivity contribution in [1.82, 2.24) is 9.80 Å². The second kappa shape index (κ2) is 5.91. The number of nitriles is 1. The lowest BCUT2D eigenvalue weighted by Gasteiger charge is -2.29. The Morgan fingerprint density at radius 2 is 2.11 bits per heavy atom. The number of carbonyl (C=O) groups excluding carboxylic acids is 2. The van der Waals surface area contributed by atoms with Crippen molar-refractivity contribution in [2.24, 2.45) is 0 Å². The van der Waals surface area contributed by atoms with Crippen LogP contribution in [-0.4, -0.2) is 53.6 Å². The molecule has 1 saturated heterocycles. The Hall–Kier alpha value is -1.77. The standard InChI is InChI=1S/C13H21N3O3/c1-13(2,3)19-12(18)16-8-5-6-10(16)11(17)15(4)9-7-14/h10H,5-6,8-9H2,1-4H3/t10-/m0/s1. The average molecular weight is 267 g/mol. The van der Waals surface area contributed by atoms with Gasteiger partial charge in [-0.2, -0.15) is 5.26 Å². The van der Waals surface area contributed by atoms with Gasteiger partial charge < -0.3 is 9.64 Å². The first-order valence-corrected chi connectivity index (χ1v) is 6.38. The van der Waals surface area contributed by atoms with Gasteiger partial charge in [0.15, 0.2) is 0 Å². The summed E-state index contributed by atoms with van der Waals surface area (Å²) in [5.41, 5.74) is -0.578. The van der Waals surface area contributed by atoms with E-state index in [0.717, 1.165) is 6.42 Å². The van der Waals surface area contributed by atoms with E-state index in [1.165, 1.54) is 9.80 Å². The predicted octanol–water partition coefficient (Wildman–Crippen LogP) is 1.37. The van der Waals surface area contributed by atoms with Crippen LogP contribution >= 0.6 is 0 Å². The first-order valence-electron chi connectivity index (χ1n) is 6.38. The molecule has 1 atom stereocenters. The maximum Gasteiger partial charge on any atom is 0.410 e. The maximum atomic E-state index is 12.1. The quantitative estimate of drug-likeness (QED) is 0.708. The molecule has 106 valence electrons. The van der Waals surface area contributed by atoms with E-state index >= 15 is 0 Å². The molecule has 1 rings (SSSR count). The number of likely N-dealkylation sites (tertiary alicyclic amines) is 1. The normalized spacial score (nSPS) is 18.9. The monoisotopic (exact) mass is 267 g/mol. The van der Waals surface area contributed by atoms with Gasteiger partial charge in [0.2, 0.25) is 5.91 Å². The summed E-state index contributed by atoms with van der Waals surface area (Å²) in [5, 5.41) is 8.61. The van der Waals surface area contributed by atoms with Crippen molar-refractivity contribution in [2.75, 3.05) is 20.1 Å². The van der Waals surface area contributed by atoms with Crippen molar-refractivity contribution in [3.8, 4) is 6.07 Å². The van der Waals surface area contributed by atoms with E-state index in [9.17, 15) is 9.59 Å². The molecule has 0 bridgehead atoms. The zero-order valence-corrected chi connectivity index (χ0v) is 12.0. The summed E-state index contributed by atoms with van der Waals surface area (Å²) in [5.74, 6) is -0.204. The van der Waals surface area contributed by atoms with Crippen LogP contribution in [0.3, 0.4) is 0 Å². The molecule has 1 aliphatic heterocycles. The molecule has 1 heterocycles. The van der Waals surface area contributed by atoms with Crippen LogP contribution in [0, 0.1) is 11.3 Å². The van der Waals surface area contributed by atoms with Crippen LogP contribution in [0.25, 0.3) is 0 Å². The van der Waals surface area contributed by atoms with Crippen molar-refractivity contribution in [1.29, 1.82) is 5.26 Å². The predicted molar refractivity (Wildman–Crippen MR) is 69.2 cm³/mol. The molecular weight excluding hydrogens is 246 g/mol. The first kappa shape index (κ1) is 15.3. The van der Waals surface area contributed by atoms with Gasteiger partial charge in [-0.1, -0.05) is 0 Å². The topological polar surface area (TPSA) is 73.6 Å². The van der Waals surface area contributed by atoms with E-state index in [-0.39, 0.29) is 12.5 Å². The Balaban J connectivity index is 2.71. The average Bonchev–Trinajstić information content (AvgIpc) is 2.74. The molecule has 0 aromatic heterocycles. The van der Waals surface area contributed by atoms with Crippen LogP contribution in [-0.2, 0) is 9.53 Å². The molecule has 6 heteroatoms. The highest BCUT2D eigenvalue weighted by atomic mass is 16.6. The van der Waals surface area contributed by atoms with E-state index in [1.54, 1.807) is 27.8 Å². The molecule has 1 aliphatic rings. The fourth-order valence-electron chi connectivity index (χ4n) is 2.00. The largest absolute Gasteiger partial charge is 0.444 e. The third-order valence-corrected chi connectivity index (χ3v) is 2.85. The molecule has 19 heavy (non-hydrogen) atoms. The number of nitrogens with zero attached hydrogens (tertiary/aromatic N) is 3. The second-order valence-corrected chi connectivity index (χ2v) is 5.68. The molecule has 0 saturated carbocycles. The number of carbonyl (C=O) groups is 2. The maximum absolute atomic E-state index is 12.1. The number of amides is 2. The lowest BCUT2D eigenvalue weighted by molar-refractivity contribution is -0.134. The van der Waals surface area contributed by atoms with E-state index in [4.69, 9.17) is 10.00 Å². The zero-order valence-electron chi connectivity index (χ0n) is 12.0. The fourth-order valence-corrected chi connectivity index (χ4v) is 2.00. The number of likely N-dealkylation sites (N-methyl/N-ethyl adjacent to an activating group) is 1. The Morgan fingerprint density at radius 3 is 2.63 bits per heavy atom. The van der Waals surface area contributed by atoms with Gasteiger partial charge in [-0.15, -0.1) is 0 Å². The Labute approximate surface area is 113 Å². The lowest BCUT2D eigenvalue weighted by atomic mass is 10.2. The molecular formula is C13H21N3O3. The van der Waals surface area contributed by atoms with Gasteiger partial charge in [-0.3, -0.25) is 9.69 Å². The third kappa shape index (κ3) is 4.12. The van der Waals surface area contributed by atoms with E-state index in [1.807, 2.05) is 6.07 Å². The molecule has 0 radical (unpaired) electrons. The van der Waals surface area contributed by atoms with Crippen molar-refractivity contribution in [3.05, 3.63) is 0 Å². The smallest absolute Gasteiger partial charge is 0.410 e. The summed E-state index contributed by atoms with van der Waals surface area (Å²) in [6.07, 6.45) is 0.929. The molecule has 0 aromatic carbocycles. The summed E-state index contributed by atoms with van der Waals surface area (Å²) in [6, 6.07) is 1.42. The van der Waals surface area contributed by atoms with Crippen LogP contribution in [0.4, 0.5) is 4.79 Å². The van der Waals surface area contributed by atoms with E-state index in [0.29, 0.717) is 13.0 Å². The van der Waals surface area contributed by atoms with Crippen molar-refractivity contribution < 1.29 is 14.3 Å². The Kier molecular flexibility index (Phi) is 4.76. The van der Waals surface area contributed by atoms with Gasteiger partial charge in [0.1, 0.15) is 18.2 Å². The SMILES string of the molecule is CN(CC#N)C(=O)[C@@H]1CCCN1C(=O)OC(C)(C)C. The molecule has 0 aromatic rings. The van der Waals surface area contributed by atoms with Crippen LogP contribution in [0.5, 0.6) is 0 Å². The summed E-state index contributed by atoms with van der Waals surface area (Å²) >= 11 is 0. The fraction of sp³-hybridized carbons (Fsp3) is 0.769. The van der Waals surface area contributed by atoms with Crippen molar-refractivity contribution in [2.45, 2.75) is 45.3 Å². The zero-order chi connectivity index (χ0) is 14.6. The van der Waals surface area contributed by atoms with Crippen LogP contribution in [0.2, 0.25) is 0 Å². The number of hydrogen-bond acceptors (Lipinski definition) is 4. The first-order chi connectivity index (χ1) is 8.76. The number of ether oxygens (including phenoxy) is 1. The molecule has 0 N–H and O–H groups in total. The highest BCUT2D eigenvalue weighted by Gasteiger charge is 2.37. The highest BCUT2D eigenvalue weighted by molar-refractivity contribution is 5.86. The second-order valence-electron chi connectivity index (χ2n) is 5.68. The van der Waals surface area contributed by atoms with Crippen LogP contribution < -0.4 is 0 Å². The van der Waals surface area contributed by atoms with Crippen molar-refractivity contribution >= 4 is 12.0 Å². The highest BCUT2D eigenvalue weighted by Crippen LogP contribution is 2.22. The Bertz CT molecular complexity index is 395. The van der Waals surface area contributed by atoms with Gasteiger partial charge >= 0.3 is 6.09 Å². The molecule has 0 spiro atoms. The minimum atomic E-state index is -0.578. The summed E-state index contributed by atoms with van der Waals surface area (Å²) in [7, 11) is 1.57. The number of hydrogen-bond donors (Lipinski definition) is 0. The van der Waals surface area contributed by atoms with E-state index < -0.39 is 17.7 Å². The minimum absolute atomic E-state index is 0.0253. The van der Waals surface area contributed by atoms with Gasteiger partial charge in [0, 0.05) is 13.6 Å². The van der Waals surface area contributed by atoms with Gasteiger partial charge in [0.25, 0.3) is 0 Å². The number of rotatable bonds is 2. The summed E-state index contributed by atoms with van der Waals surface area (Å²) in [4.78, 5) is 27.0.